The molecule has 4 rings (SSSR count). The Morgan fingerprint density at radius 3 is 2.76 bits per heavy atom. The SMILES string of the molecule is CC(C)C1CC(N2CCCC2)CN1C(=O)c1ccc2c(c1)CCOC2. The Hall–Kier alpha value is -1.39. The second kappa shape index (κ2) is 7.08. The van der Waals surface area contributed by atoms with Gasteiger partial charge in [0.2, 0.25) is 0 Å². The summed E-state index contributed by atoms with van der Waals surface area (Å²) in [5.41, 5.74) is 3.38. The van der Waals surface area contributed by atoms with Crippen LogP contribution >= 0.6 is 0 Å². The van der Waals surface area contributed by atoms with Gasteiger partial charge >= 0.3 is 0 Å². The minimum atomic E-state index is 0.217. The number of fused-ring (bicyclic) bond motifs is 1. The fraction of sp³-hybridized carbons (Fsp3) is 0.667. The zero-order valence-electron chi connectivity index (χ0n) is 15.5. The molecule has 0 spiro atoms. The molecule has 0 aliphatic carbocycles. The van der Waals surface area contributed by atoms with Gasteiger partial charge in [-0.25, -0.2) is 0 Å². The highest BCUT2D eigenvalue weighted by molar-refractivity contribution is 5.95. The summed E-state index contributed by atoms with van der Waals surface area (Å²) in [5, 5.41) is 0. The van der Waals surface area contributed by atoms with Crippen LogP contribution in [0.3, 0.4) is 0 Å². The molecule has 4 nitrogen and oxygen atoms in total. The predicted octanol–water partition coefficient (Wildman–Crippen LogP) is 3.09. The second-order valence-corrected chi connectivity index (χ2v) is 8.19. The number of rotatable bonds is 3. The lowest BCUT2D eigenvalue weighted by atomic mass is 9.98. The van der Waals surface area contributed by atoms with E-state index in [4.69, 9.17) is 4.74 Å². The number of benzene rings is 1. The molecular formula is C21H30N2O2. The fourth-order valence-corrected chi connectivity index (χ4v) is 4.74. The summed E-state index contributed by atoms with van der Waals surface area (Å²) in [6.07, 6.45) is 4.66. The van der Waals surface area contributed by atoms with Gasteiger partial charge in [0.15, 0.2) is 0 Å². The molecular weight excluding hydrogens is 312 g/mol. The van der Waals surface area contributed by atoms with Gasteiger partial charge in [-0.2, -0.15) is 0 Å². The van der Waals surface area contributed by atoms with Crippen LogP contribution in [-0.4, -0.2) is 54.0 Å². The molecule has 0 bridgehead atoms. The molecule has 1 aromatic rings. The molecule has 0 aromatic heterocycles. The first-order chi connectivity index (χ1) is 12.1. The van der Waals surface area contributed by atoms with Gasteiger partial charge < -0.3 is 9.64 Å². The van der Waals surface area contributed by atoms with Crippen molar-refractivity contribution >= 4 is 5.91 Å². The van der Waals surface area contributed by atoms with Crippen LogP contribution in [0, 0.1) is 5.92 Å². The lowest BCUT2D eigenvalue weighted by molar-refractivity contribution is 0.0693. The Kier molecular flexibility index (Phi) is 4.83. The van der Waals surface area contributed by atoms with E-state index in [9.17, 15) is 4.79 Å². The summed E-state index contributed by atoms with van der Waals surface area (Å²) < 4.78 is 5.51. The van der Waals surface area contributed by atoms with Crippen molar-refractivity contribution in [2.24, 2.45) is 5.92 Å². The first-order valence-electron chi connectivity index (χ1n) is 9.88. The zero-order valence-corrected chi connectivity index (χ0v) is 15.5. The molecule has 3 heterocycles. The van der Waals surface area contributed by atoms with Crippen molar-refractivity contribution in [3.8, 4) is 0 Å². The van der Waals surface area contributed by atoms with Crippen molar-refractivity contribution in [3.63, 3.8) is 0 Å². The molecule has 3 aliphatic heterocycles. The molecule has 1 amide bonds. The highest BCUT2D eigenvalue weighted by Crippen LogP contribution is 2.31. The van der Waals surface area contributed by atoms with Crippen LogP contribution in [0.4, 0.5) is 0 Å². The summed E-state index contributed by atoms with van der Waals surface area (Å²) in [6, 6.07) is 7.10. The molecule has 25 heavy (non-hydrogen) atoms. The molecule has 2 unspecified atom stereocenters. The van der Waals surface area contributed by atoms with E-state index < -0.39 is 0 Å². The normalized spacial score (nSPS) is 27.1. The van der Waals surface area contributed by atoms with Gasteiger partial charge in [-0.3, -0.25) is 9.69 Å². The number of hydrogen-bond acceptors (Lipinski definition) is 3. The zero-order chi connectivity index (χ0) is 17.4. The average molecular weight is 342 g/mol. The lowest BCUT2D eigenvalue weighted by Gasteiger charge is -2.28. The highest BCUT2D eigenvalue weighted by atomic mass is 16.5. The van der Waals surface area contributed by atoms with Gasteiger partial charge in [-0.15, -0.1) is 0 Å². The molecule has 0 N–H and O–H groups in total. The van der Waals surface area contributed by atoms with E-state index in [1.807, 2.05) is 6.07 Å². The number of carbonyl (C=O) groups excluding carboxylic acids is 1. The van der Waals surface area contributed by atoms with E-state index in [0.717, 1.165) is 31.6 Å². The molecule has 4 heteroatoms. The molecule has 3 aliphatic rings. The van der Waals surface area contributed by atoms with E-state index in [-0.39, 0.29) is 5.91 Å². The number of hydrogen-bond donors (Lipinski definition) is 0. The van der Waals surface area contributed by atoms with E-state index >= 15 is 0 Å². The predicted molar refractivity (Wildman–Crippen MR) is 98.7 cm³/mol. The number of amides is 1. The van der Waals surface area contributed by atoms with Gasteiger partial charge in [0.25, 0.3) is 5.91 Å². The summed E-state index contributed by atoms with van der Waals surface area (Å²) in [5.74, 6) is 0.720. The van der Waals surface area contributed by atoms with Crippen LogP contribution in [0.2, 0.25) is 0 Å². The van der Waals surface area contributed by atoms with Crippen LogP contribution in [0.5, 0.6) is 0 Å². The molecule has 2 atom stereocenters. The van der Waals surface area contributed by atoms with Crippen LogP contribution in [0.25, 0.3) is 0 Å². The minimum absolute atomic E-state index is 0.217. The summed E-state index contributed by atoms with van der Waals surface area (Å²) in [7, 11) is 0. The second-order valence-electron chi connectivity index (χ2n) is 8.19. The van der Waals surface area contributed by atoms with Gasteiger partial charge in [-0.05, 0) is 68.0 Å². The Balaban J connectivity index is 1.55. The standard InChI is InChI=1S/C21H30N2O2/c1-15(2)20-12-19(22-8-3-4-9-22)13-23(20)21(24)17-5-6-18-14-25-10-7-16(18)11-17/h5-6,11,15,19-20H,3-4,7-10,12-14H2,1-2H3. The Morgan fingerprint density at radius 2 is 2.00 bits per heavy atom. The maximum Gasteiger partial charge on any atom is 0.254 e. The summed E-state index contributed by atoms with van der Waals surface area (Å²) in [4.78, 5) is 18.0. The minimum Gasteiger partial charge on any atom is -0.376 e. The largest absolute Gasteiger partial charge is 0.376 e. The first-order valence-corrected chi connectivity index (χ1v) is 9.88. The van der Waals surface area contributed by atoms with E-state index in [2.05, 4.69) is 35.8 Å². The van der Waals surface area contributed by atoms with Gasteiger partial charge in [0.05, 0.1) is 13.2 Å². The third kappa shape index (κ3) is 3.34. The summed E-state index contributed by atoms with van der Waals surface area (Å²) >= 11 is 0. The van der Waals surface area contributed by atoms with Crippen molar-refractivity contribution in [2.75, 3.05) is 26.2 Å². The third-order valence-electron chi connectivity index (χ3n) is 6.24. The van der Waals surface area contributed by atoms with Crippen molar-refractivity contribution in [2.45, 2.75) is 58.2 Å². The van der Waals surface area contributed by atoms with Crippen molar-refractivity contribution in [3.05, 3.63) is 34.9 Å². The monoisotopic (exact) mass is 342 g/mol. The molecule has 2 fully saturated rings. The third-order valence-corrected chi connectivity index (χ3v) is 6.24. The fourth-order valence-electron chi connectivity index (χ4n) is 4.74. The van der Waals surface area contributed by atoms with E-state index in [1.54, 1.807) is 0 Å². The van der Waals surface area contributed by atoms with Crippen molar-refractivity contribution < 1.29 is 9.53 Å². The maximum absolute atomic E-state index is 13.3. The Morgan fingerprint density at radius 1 is 1.20 bits per heavy atom. The van der Waals surface area contributed by atoms with Gasteiger partial charge in [0.1, 0.15) is 0 Å². The molecule has 1 aromatic carbocycles. The van der Waals surface area contributed by atoms with Crippen molar-refractivity contribution in [1.29, 1.82) is 0 Å². The van der Waals surface area contributed by atoms with E-state index in [0.29, 0.717) is 24.6 Å². The van der Waals surface area contributed by atoms with Crippen molar-refractivity contribution in [1.82, 2.24) is 9.80 Å². The number of ether oxygens (including phenoxy) is 1. The molecule has 2 saturated heterocycles. The average Bonchev–Trinajstić information content (AvgIpc) is 3.30. The van der Waals surface area contributed by atoms with Crippen LogP contribution in [0.1, 0.15) is 54.6 Å². The maximum atomic E-state index is 13.3. The van der Waals surface area contributed by atoms with Crippen LogP contribution in [0.15, 0.2) is 18.2 Å². The summed E-state index contributed by atoms with van der Waals surface area (Å²) in [6.45, 7) is 9.25. The Bertz CT molecular complexity index is 637. The quantitative estimate of drug-likeness (QED) is 0.846. The molecule has 0 radical (unpaired) electrons. The Labute approximate surface area is 151 Å². The van der Waals surface area contributed by atoms with Gasteiger partial charge in [-0.1, -0.05) is 19.9 Å². The molecule has 136 valence electrons. The highest BCUT2D eigenvalue weighted by Gasteiger charge is 2.40. The smallest absolute Gasteiger partial charge is 0.254 e. The van der Waals surface area contributed by atoms with Crippen LogP contribution in [-0.2, 0) is 17.8 Å². The van der Waals surface area contributed by atoms with Crippen LogP contribution < -0.4 is 0 Å². The number of nitrogens with zero attached hydrogens (tertiary/aromatic N) is 2. The first kappa shape index (κ1) is 17.0. The van der Waals surface area contributed by atoms with Gasteiger partial charge in [0, 0.05) is 24.2 Å². The lowest BCUT2D eigenvalue weighted by Crippen LogP contribution is -2.40. The van der Waals surface area contributed by atoms with E-state index in [1.165, 1.54) is 37.1 Å². The number of carbonyl (C=O) groups is 1. The molecule has 0 saturated carbocycles. The topological polar surface area (TPSA) is 32.8 Å². The number of likely N-dealkylation sites (tertiary alicyclic amines) is 2.